The van der Waals surface area contributed by atoms with Crippen LogP contribution >= 0.6 is 0 Å². The number of rotatable bonds is 5. The number of nitrogens with two attached hydrogens (primary N) is 1. The van der Waals surface area contributed by atoms with E-state index in [0.717, 1.165) is 48.2 Å². The molecule has 0 amide bonds. The van der Waals surface area contributed by atoms with Gasteiger partial charge in [-0.15, -0.1) is 0 Å². The Bertz CT molecular complexity index is 1000. The Labute approximate surface area is 167 Å². The smallest absolute Gasteiger partial charge is 0.416 e. The first-order valence-electron chi connectivity index (χ1n) is 9.61. The number of aryl methyl sites for hydroxylation is 1. The van der Waals surface area contributed by atoms with Crippen molar-refractivity contribution < 1.29 is 17.9 Å². The highest BCUT2D eigenvalue weighted by Gasteiger charge is 2.34. The second-order valence-corrected chi connectivity index (χ2v) is 7.40. The van der Waals surface area contributed by atoms with E-state index in [-0.39, 0.29) is 5.54 Å². The van der Waals surface area contributed by atoms with E-state index < -0.39 is 11.7 Å². The Morgan fingerprint density at radius 1 is 1.10 bits per heavy atom. The molecule has 0 saturated heterocycles. The van der Waals surface area contributed by atoms with Crippen molar-refractivity contribution in [2.75, 3.05) is 0 Å². The molecule has 1 aliphatic carbocycles. The van der Waals surface area contributed by atoms with Crippen molar-refractivity contribution >= 4 is 0 Å². The number of hydrogen-bond acceptors (Lipinski definition) is 3. The lowest BCUT2D eigenvalue weighted by molar-refractivity contribution is -0.137. The highest BCUT2D eigenvalue weighted by atomic mass is 19.4. The standard InChI is InChI=1S/C22H22F3N3O/c1-2-28-20(29-18-9-7-16(8-10-18)22(23,24)25)14-19(27-28)15-5-3-6-17(13-15)21(26)11-4-12-21/h3,5-10,13-14H,2,4,11-12,26H2,1H3. The molecule has 2 aromatic carbocycles. The van der Waals surface area contributed by atoms with Crippen LogP contribution in [0.15, 0.2) is 54.6 Å². The Morgan fingerprint density at radius 2 is 1.83 bits per heavy atom. The van der Waals surface area contributed by atoms with Gasteiger partial charge in [-0.25, -0.2) is 4.68 Å². The highest BCUT2D eigenvalue weighted by Crippen LogP contribution is 2.40. The first kappa shape index (κ1) is 19.5. The molecule has 3 aromatic rings. The maximum absolute atomic E-state index is 12.7. The third-order valence-corrected chi connectivity index (χ3v) is 5.43. The molecular formula is C22H22F3N3O. The van der Waals surface area contributed by atoms with Crippen LogP contribution in [-0.4, -0.2) is 9.78 Å². The largest absolute Gasteiger partial charge is 0.439 e. The van der Waals surface area contributed by atoms with E-state index in [2.05, 4.69) is 11.2 Å². The predicted octanol–water partition coefficient (Wildman–Crippen LogP) is 5.72. The van der Waals surface area contributed by atoms with Crippen molar-refractivity contribution in [1.82, 2.24) is 9.78 Å². The molecular weight excluding hydrogens is 379 g/mol. The van der Waals surface area contributed by atoms with Crippen LogP contribution in [0, 0.1) is 0 Å². The molecule has 1 saturated carbocycles. The molecule has 4 nitrogen and oxygen atoms in total. The molecule has 4 rings (SSSR count). The SMILES string of the molecule is CCn1nc(-c2cccc(C3(N)CCC3)c2)cc1Oc1ccc(C(F)(F)F)cc1. The van der Waals surface area contributed by atoms with E-state index in [1.807, 2.05) is 25.1 Å². The summed E-state index contributed by atoms with van der Waals surface area (Å²) in [5, 5.41) is 4.59. The molecule has 0 unspecified atom stereocenters. The highest BCUT2D eigenvalue weighted by molar-refractivity contribution is 5.62. The van der Waals surface area contributed by atoms with Crippen LogP contribution in [0.1, 0.15) is 37.3 Å². The van der Waals surface area contributed by atoms with E-state index in [1.54, 1.807) is 10.7 Å². The number of nitrogens with zero attached hydrogens (tertiary/aromatic N) is 2. The molecule has 29 heavy (non-hydrogen) atoms. The van der Waals surface area contributed by atoms with Crippen molar-refractivity contribution in [3.8, 4) is 22.9 Å². The molecule has 0 bridgehead atoms. The van der Waals surface area contributed by atoms with Crippen molar-refractivity contribution in [3.63, 3.8) is 0 Å². The minimum absolute atomic E-state index is 0.261. The molecule has 0 radical (unpaired) electrons. The van der Waals surface area contributed by atoms with E-state index in [0.29, 0.717) is 18.2 Å². The summed E-state index contributed by atoms with van der Waals surface area (Å²) < 4.78 is 45.7. The topological polar surface area (TPSA) is 53.1 Å². The van der Waals surface area contributed by atoms with Gasteiger partial charge in [-0.3, -0.25) is 0 Å². The van der Waals surface area contributed by atoms with E-state index in [9.17, 15) is 13.2 Å². The van der Waals surface area contributed by atoms with Gasteiger partial charge in [-0.05, 0) is 62.1 Å². The van der Waals surface area contributed by atoms with Gasteiger partial charge < -0.3 is 10.5 Å². The lowest BCUT2D eigenvalue weighted by Gasteiger charge is -2.38. The summed E-state index contributed by atoms with van der Waals surface area (Å²) in [4.78, 5) is 0. The van der Waals surface area contributed by atoms with Gasteiger partial charge in [0.15, 0.2) is 0 Å². The third-order valence-electron chi connectivity index (χ3n) is 5.43. The molecule has 7 heteroatoms. The van der Waals surface area contributed by atoms with Gasteiger partial charge in [0.05, 0.1) is 11.3 Å². The summed E-state index contributed by atoms with van der Waals surface area (Å²) in [5.41, 5.74) is 8.24. The van der Waals surface area contributed by atoms with Crippen molar-refractivity contribution in [1.29, 1.82) is 0 Å². The fourth-order valence-corrected chi connectivity index (χ4v) is 3.52. The maximum Gasteiger partial charge on any atom is 0.416 e. The summed E-state index contributed by atoms with van der Waals surface area (Å²) in [6, 6.07) is 14.5. The molecule has 1 fully saturated rings. The van der Waals surface area contributed by atoms with Crippen LogP contribution < -0.4 is 10.5 Å². The molecule has 1 aromatic heterocycles. The van der Waals surface area contributed by atoms with Gasteiger partial charge in [-0.1, -0.05) is 18.2 Å². The second-order valence-electron chi connectivity index (χ2n) is 7.40. The quantitative estimate of drug-likeness (QED) is 0.595. The lowest BCUT2D eigenvalue weighted by atomic mass is 9.72. The second kappa shape index (κ2) is 7.22. The Morgan fingerprint density at radius 3 is 2.41 bits per heavy atom. The minimum Gasteiger partial charge on any atom is -0.439 e. The van der Waals surface area contributed by atoms with Crippen LogP contribution in [0.5, 0.6) is 11.6 Å². The lowest BCUT2D eigenvalue weighted by Crippen LogP contribution is -2.43. The van der Waals surface area contributed by atoms with Crippen molar-refractivity contribution in [3.05, 3.63) is 65.7 Å². The normalized spacial score (nSPS) is 15.8. The molecule has 1 aliphatic rings. The van der Waals surface area contributed by atoms with Crippen LogP contribution in [0.4, 0.5) is 13.2 Å². The fraction of sp³-hybridized carbons (Fsp3) is 0.318. The zero-order chi connectivity index (χ0) is 20.6. The Hall–Kier alpha value is -2.80. The van der Waals surface area contributed by atoms with Crippen LogP contribution in [0.2, 0.25) is 0 Å². The summed E-state index contributed by atoms with van der Waals surface area (Å²) in [6.45, 7) is 2.49. The average Bonchev–Trinajstić information content (AvgIpc) is 3.09. The average molecular weight is 401 g/mol. The van der Waals surface area contributed by atoms with Gasteiger partial charge in [0.25, 0.3) is 0 Å². The van der Waals surface area contributed by atoms with Crippen molar-refractivity contribution in [2.24, 2.45) is 5.73 Å². The molecule has 0 aliphatic heterocycles. The fourth-order valence-electron chi connectivity index (χ4n) is 3.52. The van der Waals surface area contributed by atoms with Gasteiger partial charge in [0.2, 0.25) is 5.88 Å². The summed E-state index contributed by atoms with van der Waals surface area (Å²) in [5.74, 6) is 0.794. The van der Waals surface area contributed by atoms with Crippen LogP contribution in [-0.2, 0) is 18.3 Å². The zero-order valence-corrected chi connectivity index (χ0v) is 16.0. The Balaban J connectivity index is 1.60. The predicted molar refractivity (Wildman–Crippen MR) is 105 cm³/mol. The van der Waals surface area contributed by atoms with Gasteiger partial charge in [0, 0.05) is 23.7 Å². The number of alkyl halides is 3. The molecule has 0 spiro atoms. The van der Waals surface area contributed by atoms with E-state index >= 15 is 0 Å². The van der Waals surface area contributed by atoms with Crippen LogP contribution in [0.3, 0.4) is 0 Å². The Kier molecular flexibility index (Phi) is 4.86. The summed E-state index contributed by atoms with van der Waals surface area (Å²) in [7, 11) is 0. The summed E-state index contributed by atoms with van der Waals surface area (Å²) in [6.07, 6.45) is -1.29. The minimum atomic E-state index is -4.37. The first-order valence-corrected chi connectivity index (χ1v) is 9.61. The molecule has 1 heterocycles. The van der Waals surface area contributed by atoms with Gasteiger partial charge in [0.1, 0.15) is 5.75 Å². The maximum atomic E-state index is 12.7. The number of aromatic nitrogens is 2. The number of benzene rings is 2. The number of ether oxygens (including phenoxy) is 1. The molecule has 152 valence electrons. The van der Waals surface area contributed by atoms with Gasteiger partial charge in [-0.2, -0.15) is 18.3 Å². The monoisotopic (exact) mass is 401 g/mol. The van der Waals surface area contributed by atoms with Crippen LogP contribution in [0.25, 0.3) is 11.3 Å². The van der Waals surface area contributed by atoms with E-state index in [1.165, 1.54) is 12.1 Å². The number of halogens is 3. The third kappa shape index (κ3) is 3.87. The van der Waals surface area contributed by atoms with Crippen molar-refractivity contribution in [2.45, 2.75) is 44.4 Å². The zero-order valence-electron chi connectivity index (χ0n) is 16.0. The summed E-state index contributed by atoms with van der Waals surface area (Å²) >= 11 is 0. The van der Waals surface area contributed by atoms with Gasteiger partial charge >= 0.3 is 6.18 Å². The first-order chi connectivity index (χ1) is 13.8. The molecule has 0 atom stereocenters. The number of hydrogen-bond donors (Lipinski definition) is 1. The molecule has 2 N–H and O–H groups in total. The van der Waals surface area contributed by atoms with E-state index in [4.69, 9.17) is 10.5 Å².